The quantitative estimate of drug-likeness (QED) is 0.915. The lowest BCUT2D eigenvalue weighted by Crippen LogP contribution is -2.24. The number of halogens is 2. The molecule has 0 saturated heterocycles. The van der Waals surface area contributed by atoms with Crippen LogP contribution in [0.1, 0.15) is 20.1 Å². The molecular formula is C14H8ClFN4O2S. The summed E-state index contributed by atoms with van der Waals surface area (Å²) in [6.45, 7) is -1.01. The van der Waals surface area contributed by atoms with Crippen molar-refractivity contribution in [3.8, 4) is 12.1 Å². The number of hydrogen-bond acceptors (Lipinski definition) is 5. The number of carbonyl (C=O) groups is 1. The predicted molar refractivity (Wildman–Crippen MR) is 83.4 cm³/mol. The van der Waals surface area contributed by atoms with Crippen molar-refractivity contribution < 1.29 is 9.18 Å². The second kappa shape index (κ2) is 7.05. The van der Waals surface area contributed by atoms with Crippen molar-refractivity contribution >= 4 is 34.5 Å². The molecule has 2 heterocycles. The Bertz CT molecular complexity index is 907. The number of aryl methyl sites for hydroxylation is 1. The van der Waals surface area contributed by atoms with Crippen LogP contribution in [-0.4, -0.2) is 17.1 Å². The van der Waals surface area contributed by atoms with Gasteiger partial charge in [0.1, 0.15) is 29.3 Å². The standard InChI is InChI=1S/C14H8ClFN4O2S/c15-10-4-11(23-12(10)6-18)13(21)19-9-3-8(5-17)14(22)20(7-9)2-1-16/h3-4,7H,1-2H2,(H,19,21). The molecule has 0 unspecified atom stereocenters. The van der Waals surface area contributed by atoms with E-state index in [2.05, 4.69) is 5.32 Å². The van der Waals surface area contributed by atoms with Gasteiger partial charge in [-0.05, 0) is 12.1 Å². The molecule has 0 saturated carbocycles. The van der Waals surface area contributed by atoms with Gasteiger partial charge >= 0.3 is 0 Å². The first kappa shape index (κ1) is 16.7. The summed E-state index contributed by atoms with van der Waals surface area (Å²) in [5.41, 5.74) is -0.671. The highest BCUT2D eigenvalue weighted by atomic mass is 35.5. The lowest BCUT2D eigenvalue weighted by atomic mass is 10.2. The number of rotatable bonds is 4. The van der Waals surface area contributed by atoms with Gasteiger partial charge in [-0.3, -0.25) is 9.59 Å². The number of thiophene rings is 1. The fraction of sp³-hybridized carbons (Fsp3) is 0.143. The maximum absolute atomic E-state index is 12.5. The molecule has 2 rings (SSSR count). The smallest absolute Gasteiger partial charge is 0.268 e. The molecule has 2 aromatic rings. The van der Waals surface area contributed by atoms with Gasteiger partial charge < -0.3 is 9.88 Å². The average Bonchev–Trinajstić information content (AvgIpc) is 2.91. The van der Waals surface area contributed by atoms with Crippen LogP contribution in [0.4, 0.5) is 10.1 Å². The monoisotopic (exact) mass is 350 g/mol. The zero-order valence-corrected chi connectivity index (χ0v) is 13.0. The van der Waals surface area contributed by atoms with E-state index in [1.165, 1.54) is 18.3 Å². The molecule has 23 heavy (non-hydrogen) atoms. The van der Waals surface area contributed by atoms with Crippen molar-refractivity contribution in [2.75, 3.05) is 12.0 Å². The number of nitrogens with zero attached hydrogens (tertiary/aromatic N) is 3. The van der Waals surface area contributed by atoms with Gasteiger partial charge in [0.15, 0.2) is 0 Å². The molecule has 0 radical (unpaired) electrons. The van der Waals surface area contributed by atoms with Crippen molar-refractivity contribution in [3.05, 3.63) is 49.0 Å². The molecule has 0 spiro atoms. The Labute approximate surface area is 139 Å². The highest BCUT2D eigenvalue weighted by Crippen LogP contribution is 2.26. The van der Waals surface area contributed by atoms with Crippen LogP contribution in [0.25, 0.3) is 0 Å². The molecule has 0 fully saturated rings. The van der Waals surface area contributed by atoms with E-state index in [9.17, 15) is 14.0 Å². The van der Waals surface area contributed by atoms with Crippen LogP contribution in [0.2, 0.25) is 5.02 Å². The van der Waals surface area contributed by atoms with E-state index in [1.54, 1.807) is 6.07 Å². The van der Waals surface area contributed by atoms with E-state index >= 15 is 0 Å². The van der Waals surface area contributed by atoms with Gasteiger partial charge in [0.05, 0.1) is 22.1 Å². The number of amides is 1. The number of carbonyl (C=O) groups excluding carboxylic acids is 1. The minimum absolute atomic E-state index is 0.169. The zero-order valence-electron chi connectivity index (χ0n) is 11.5. The molecule has 0 aliphatic heterocycles. The van der Waals surface area contributed by atoms with Gasteiger partial charge in [-0.2, -0.15) is 10.5 Å². The highest BCUT2D eigenvalue weighted by Gasteiger charge is 2.15. The first-order valence-corrected chi connectivity index (χ1v) is 7.41. The Hall–Kier alpha value is -2.68. The normalized spacial score (nSPS) is 9.91. The Morgan fingerprint density at radius 1 is 1.39 bits per heavy atom. The highest BCUT2D eigenvalue weighted by molar-refractivity contribution is 7.15. The van der Waals surface area contributed by atoms with E-state index < -0.39 is 18.1 Å². The van der Waals surface area contributed by atoms with Gasteiger partial charge in [0.25, 0.3) is 11.5 Å². The van der Waals surface area contributed by atoms with Gasteiger partial charge in [0.2, 0.25) is 0 Å². The molecule has 1 amide bonds. The van der Waals surface area contributed by atoms with Crippen LogP contribution in [0.3, 0.4) is 0 Å². The number of aromatic nitrogens is 1. The third-order valence-electron chi connectivity index (χ3n) is 2.80. The molecule has 0 aliphatic carbocycles. The van der Waals surface area contributed by atoms with E-state index in [1.807, 2.05) is 6.07 Å². The first-order valence-electron chi connectivity index (χ1n) is 6.21. The second-order valence-electron chi connectivity index (χ2n) is 4.30. The maximum atomic E-state index is 12.5. The van der Waals surface area contributed by atoms with Crippen molar-refractivity contribution in [1.82, 2.24) is 4.57 Å². The number of nitrogens with one attached hydrogen (secondary N) is 1. The Morgan fingerprint density at radius 3 is 2.70 bits per heavy atom. The summed E-state index contributed by atoms with van der Waals surface area (Å²) in [5.74, 6) is -0.548. The average molecular weight is 351 g/mol. The van der Waals surface area contributed by atoms with Crippen LogP contribution >= 0.6 is 22.9 Å². The molecule has 0 aliphatic rings. The summed E-state index contributed by atoms with van der Waals surface area (Å²) in [6, 6.07) is 6.12. The third-order valence-corrected chi connectivity index (χ3v) is 4.25. The largest absolute Gasteiger partial charge is 0.320 e. The molecule has 9 heteroatoms. The van der Waals surface area contributed by atoms with Crippen molar-refractivity contribution in [2.45, 2.75) is 6.54 Å². The van der Waals surface area contributed by atoms with Gasteiger partial charge in [-0.25, -0.2) is 4.39 Å². The van der Waals surface area contributed by atoms with Gasteiger partial charge in [0, 0.05) is 6.20 Å². The van der Waals surface area contributed by atoms with Crippen molar-refractivity contribution in [3.63, 3.8) is 0 Å². The minimum atomic E-state index is -0.783. The van der Waals surface area contributed by atoms with Crippen molar-refractivity contribution in [1.29, 1.82) is 10.5 Å². The molecule has 0 atom stereocenters. The second-order valence-corrected chi connectivity index (χ2v) is 5.75. The first-order chi connectivity index (χ1) is 11.0. The molecule has 2 aromatic heterocycles. The van der Waals surface area contributed by atoms with Crippen LogP contribution in [0.15, 0.2) is 23.1 Å². The fourth-order valence-corrected chi connectivity index (χ4v) is 2.87. The van der Waals surface area contributed by atoms with Crippen LogP contribution in [0, 0.1) is 22.7 Å². The number of hydrogen-bond donors (Lipinski definition) is 1. The summed E-state index contributed by atoms with van der Waals surface area (Å²) in [6.07, 6.45) is 1.25. The van der Waals surface area contributed by atoms with Crippen LogP contribution in [0.5, 0.6) is 0 Å². The maximum Gasteiger partial charge on any atom is 0.268 e. The summed E-state index contributed by atoms with van der Waals surface area (Å²) < 4.78 is 13.5. The Balaban J connectivity index is 2.34. The van der Waals surface area contributed by atoms with E-state index in [-0.39, 0.29) is 32.6 Å². The molecular weight excluding hydrogens is 343 g/mol. The predicted octanol–water partition coefficient (Wildman–Crippen LogP) is 2.53. The summed E-state index contributed by atoms with van der Waals surface area (Å²) >= 11 is 6.72. The Morgan fingerprint density at radius 2 is 2.13 bits per heavy atom. The minimum Gasteiger partial charge on any atom is -0.320 e. The lowest BCUT2D eigenvalue weighted by molar-refractivity contribution is 0.103. The topological polar surface area (TPSA) is 98.7 Å². The number of alkyl halides is 1. The zero-order chi connectivity index (χ0) is 17.0. The number of pyridine rings is 1. The number of anilines is 1. The van der Waals surface area contributed by atoms with E-state index in [0.29, 0.717) is 0 Å². The lowest BCUT2D eigenvalue weighted by Gasteiger charge is -2.08. The molecule has 6 nitrogen and oxygen atoms in total. The fourth-order valence-electron chi connectivity index (χ4n) is 1.79. The summed E-state index contributed by atoms with van der Waals surface area (Å²) in [4.78, 5) is 24.3. The molecule has 116 valence electrons. The summed E-state index contributed by atoms with van der Waals surface area (Å²) in [5, 5.41) is 20.4. The van der Waals surface area contributed by atoms with Crippen LogP contribution < -0.4 is 10.9 Å². The molecule has 1 N–H and O–H groups in total. The van der Waals surface area contributed by atoms with Crippen molar-refractivity contribution in [2.24, 2.45) is 0 Å². The van der Waals surface area contributed by atoms with E-state index in [4.69, 9.17) is 22.1 Å². The SMILES string of the molecule is N#Cc1sc(C(=O)Nc2cc(C#N)c(=O)n(CCF)c2)cc1Cl. The third kappa shape index (κ3) is 3.57. The van der Waals surface area contributed by atoms with Crippen LogP contribution in [-0.2, 0) is 6.54 Å². The summed E-state index contributed by atoms with van der Waals surface area (Å²) in [7, 11) is 0. The number of nitriles is 2. The Kier molecular flexibility index (Phi) is 5.12. The van der Waals surface area contributed by atoms with Gasteiger partial charge in [-0.15, -0.1) is 11.3 Å². The molecule has 0 aromatic carbocycles. The van der Waals surface area contributed by atoms with Gasteiger partial charge in [-0.1, -0.05) is 11.6 Å². The molecule has 0 bridgehead atoms. The van der Waals surface area contributed by atoms with E-state index in [0.717, 1.165) is 15.9 Å².